The van der Waals surface area contributed by atoms with Gasteiger partial charge >= 0.3 is 0 Å². The van der Waals surface area contributed by atoms with Crippen molar-refractivity contribution in [1.82, 2.24) is 0 Å². The van der Waals surface area contributed by atoms with Gasteiger partial charge in [-0.2, -0.15) is 0 Å². The van der Waals surface area contributed by atoms with Crippen LogP contribution in [0.4, 0.5) is 4.39 Å². The molecule has 78 valence electrons. The van der Waals surface area contributed by atoms with E-state index in [1.54, 1.807) is 12.1 Å². The van der Waals surface area contributed by atoms with Gasteiger partial charge in [0.2, 0.25) is 0 Å². The van der Waals surface area contributed by atoms with Gasteiger partial charge in [0.15, 0.2) is 11.6 Å². The number of ether oxygens (including phenoxy) is 1. The molecule has 0 heterocycles. The van der Waals surface area contributed by atoms with E-state index >= 15 is 0 Å². The Kier molecular flexibility index (Phi) is 3.14. The van der Waals surface area contributed by atoms with Gasteiger partial charge in [-0.3, -0.25) is 0 Å². The smallest absolute Gasteiger partial charge is 0.165 e. The van der Waals surface area contributed by atoms with E-state index in [0.29, 0.717) is 5.75 Å². The second kappa shape index (κ2) is 3.99. The molecule has 1 aromatic rings. The largest absolute Gasteiger partial charge is 0.485 e. The molecule has 0 unspecified atom stereocenters. The van der Waals surface area contributed by atoms with Crippen LogP contribution in [0.5, 0.6) is 5.75 Å². The van der Waals surface area contributed by atoms with E-state index in [-0.39, 0.29) is 11.4 Å². The highest BCUT2D eigenvalue weighted by Gasteiger charge is 2.14. The Morgan fingerprint density at radius 3 is 2.43 bits per heavy atom. The van der Waals surface area contributed by atoms with Gasteiger partial charge in [0.05, 0.1) is 0 Å². The Bertz CT molecular complexity index is 313. The lowest BCUT2D eigenvalue weighted by molar-refractivity contribution is 0.124. The highest BCUT2D eigenvalue weighted by atomic mass is 19.1. The van der Waals surface area contributed by atoms with Crippen molar-refractivity contribution in [2.45, 2.75) is 39.7 Å². The molecule has 0 N–H and O–H groups in total. The molecular formula is C12H17FO. The summed E-state index contributed by atoms with van der Waals surface area (Å²) in [5.41, 5.74) is 0.735. The quantitative estimate of drug-likeness (QED) is 0.702. The molecule has 0 atom stereocenters. The van der Waals surface area contributed by atoms with Gasteiger partial charge in [0, 0.05) is 0 Å². The maximum Gasteiger partial charge on any atom is 0.165 e. The molecule has 14 heavy (non-hydrogen) atoms. The van der Waals surface area contributed by atoms with Crippen LogP contribution in [0, 0.1) is 5.82 Å². The lowest BCUT2D eigenvalue weighted by Crippen LogP contribution is -2.23. The zero-order valence-corrected chi connectivity index (χ0v) is 9.23. The summed E-state index contributed by atoms with van der Waals surface area (Å²) in [4.78, 5) is 0. The zero-order chi connectivity index (χ0) is 10.8. The van der Waals surface area contributed by atoms with Crippen molar-refractivity contribution in [3.05, 3.63) is 29.6 Å². The van der Waals surface area contributed by atoms with Crippen molar-refractivity contribution in [3.63, 3.8) is 0 Å². The second-order valence-corrected chi connectivity index (χ2v) is 4.33. The normalized spacial score (nSPS) is 11.5. The van der Waals surface area contributed by atoms with Crippen LogP contribution in [0.15, 0.2) is 18.2 Å². The van der Waals surface area contributed by atoms with Gasteiger partial charge in [-0.1, -0.05) is 13.0 Å². The van der Waals surface area contributed by atoms with Crippen LogP contribution in [0.2, 0.25) is 0 Å². The third kappa shape index (κ3) is 3.02. The Labute approximate surface area is 84.9 Å². The third-order valence-electron chi connectivity index (χ3n) is 1.82. The van der Waals surface area contributed by atoms with Crippen LogP contribution in [-0.4, -0.2) is 5.60 Å². The van der Waals surface area contributed by atoms with Gasteiger partial charge in [-0.25, -0.2) is 4.39 Å². The second-order valence-electron chi connectivity index (χ2n) is 4.33. The van der Waals surface area contributed by atoms with Crippen molar-refractivity contribution >= 4 is 0 Å². The Balaban J connectivity index is 2.95. The SMILES string of the molecule is CCc1ccc(F)c(OC(C)(C)C)c1. The average Bonchev–Trinajstić information content (AvgIpc) is 2.06. The van der Waals surface area contributed by atoms with E-state index in [4.69, 9.17) is 4.74 Å². The maximum absolute atomic E-state index is 13.3. The molecule has 0 aromatic heterocycles. The highest BCUT2D eigenvalue weighted by molar-refractivity contribution is 5.30. The number of rotatable bonds is 2. The van der Waals surface area contributed by atoms with E-state index in [0.717, 1.165) is 12.0 Å². The number of hydrogen-bond donors (Lipinski definition) is 0. The summed E-state index contributed by atoms with van der Waals surface area (Å²) < 4.78 is 18.8. The van der Waals surface area contributed by atoms with E-state index in [1.165, 1.54) is 6.07 Å². The van der Waals surface area contributed by atoms with Gasteiger partial charge < -0.3 is 4.74 Å². The fourth-order valence-electron chi connectivity index (χ4n) is 1.18. The molecule has 0 aliphatic heterocycles. The van der Waals surface area contributed by atoms with Crippen LogP contribution in [0.1, 0.15) is 33.3 Å². The van der Waals surface area contributed by atoms with Gasteiger partial charge in [0.25, 0.3) is 0 Å². The van der Waals surface area contributed by atoms with Crippen molar-refractivity contribution in [2.24, 2.45) is 0 Å². The van der Waals surface area contributed by atoms with E-state index < -0.39 is 0 Å². The highest BCUT2D eigenvalue weighted by Crippen LogP contribution is 2.23. The Morgan fingerprint density at radius 1 is 1.29 bits per heavy atom. The first kappa shape index (κ1) is 11.0. The first-order valence-electron chi connectivity index (χ1n) is 4.90. The molecule has 0 fully saturated rings. The van der Waals surface area contributed by atoms with Crippen molar-refractivity contribution in [2.75, 3.05) is 0 Å². The molecular weight excluding hydrogens is 179 g/mol. The molecule has 1 rings (SSSR count). The summed E-state index contributed by atoms with van der Waals surface area (Å²) in [6.07, 6.45) is 0.890. The van der Waals surface area contributed by atoms with Crippen molar-refractivity contribution < 1.29 is 9.13 Å². The minimum absolute atomic E-state index is 0.294. The van der Waals surface area contributed by atoms with Gasteiger partial charge in [-0.05, 0) is 44.9 Å². The summed E-state index contributed by atoms with van der Waals surface area (Å²) in [5.74, 6) is 0.0500. The van der Waals surface area contributed by atoms with E-state index in [2.05, 4.69) is 0 Å². The monoisotopic (exact) mass is 196 g/mol. The molecule has 2 heteroatoms. The predicted molar refractivity (Wildman–Crippen MR) is 56.2 cm³/mol. The zero-order valence-electron chi connectivity index (χ0n) is 9.23. The van der Waals surface area contributed by atoms with Crippen LogP contribution in [-0.2, 0) is 6.42 Å². The number of aryl methyl sites for hydroxylation is 1. The lowest BCUT2D eigenvalue weighted by Gasteiger charge is -2.21. The molecule has 1 aromatic carbocycles. The first-order chi connectivity index (χ1) is 6.42. The molecule has 0 amide bonds. The molecule has 0 saturated carbocycles. The van der Waals surface area contributed by atoms with Crippen molar-refractivity contribution in [3.8, 4) is 5.75 Å². The maximum atomic E-state index is 13.3. The van der Waals surface area contributed by atoms with Crippen molar-refractivity contribution in [1.29, 1.82) is 0 Å². The van der Waals surface area contributed by atoms with Crippen LogP contribution >= 0.6 is 0 Å². The van der Waals surface area contributed by atoms with Gasteiger partial charge in [0.1, 0.15) is 5.60 Å². The predicted octanol–water partition coefficient (Wildman–Crippen LogP) is 3.57. The number of halogens is 1. The number of benzene rings is 1. The van der Waals surface area contributed by atoms with E-state index in [9.17, 15) is 4.39 Å². The summed E-state index contributed by atoms with van der Waals surface area (Å²) in [6, 6.07) is 5.01. The summed E-state index contributed by atoms with van der Waals surface area (Å²) in [6.45, 7) is 7.76. The average molecular weight is 196 g/mol. The Hall–Kier alpha value is -1.05. The first-order valence-corrected chi connectivity index (χ1v) is 4.90. The topological polar surface area (TPSA) is 9.23 Å². The lowest BCUT2D eigenvalue weighted by atomic mass is 10.1. The minimum atomic E-state index is -0.354. The van der Waals surface area contributed by atoms with Crippen LogP contribution in [0.3, 0.4) is 0 Å². The number of hydrogen-bond acceptors (Lipinski definition) is 1. The standard InChI is InChI=1S/C12H17FO/c1-5-9-6-7-10(13)11(8-9)14-12(2,3)4/h6-8H,5H2,1-4H3. The molecule has 1 nitrogen and oxygen atoms in total. The molecule has 0 saturated heterocycles. The third-order valence-corrected chi connectivity index (χ3v) is 1.82. The van der Waals surface area contributed by atoms with E-state index in [1.807, 2.05) is 27.7 Å². The fraction of sp³-hybridized carbons (Fsp3) is 0.500. The summed E-state index contributed by atoms with van der Waals surface area (Å²) >= 11 is 0. The summed E-state index contributed by atoms with van der Waals surface area (Å²) in [7, 11) is 0. The van der Waals surface area contributed by atoms with Gasteiger partial charge in [-0.15, -0.1) is 0 Å². The van der Waals surface area contributed by atoms with Crippen LogP contribution < -0.4 is 4.74 Å². The molecule has 0 spiro atoms. The molecule has 0 aliphatic carbocycles. The minimum Gasteiger partial charge on any atom is -0.485 e. The molecule has 0 radical (unpaired) electrons. The van der Waals surface area contributed by atoms with Crippen LogP contribution in [0.25, 0.3) is 0 Å². The summed E-state index contributed by atoms with van der Waals surface area (Å²) in [5, 5.41) is 0. The molecule has 0 aliphatic rings. The molecule has 0 bridgehead atoms. The fourth-order valence-corrected chi connectivity index (χ4v) is 1.18. The Morgan fingerprint density at radius 2 is 1.93 bits per heavy atom.